The van der Waals surface area contributed by atoms with Gasteiger partial charge in [-0.3, -0.25) is 0 Å². The molecule has 0 aliphatic rings. The van der Waals surface area contributed by atoms with Gasteiger partial charge in [0.05, 0.1) is 10.9 Å². The first kappa shape index (κ1) is 15.3. The fraction of sp³-hybridized carbons (Fsp3) is 0.385. The largest absolute Gasteiger partial charge is 0.346 e. The Bertz CT molecular complexity index is 725. The lowest BCUT2D eigenvalue weighted by Crippen LogP contribution is -2.14. The molecule has 0 amide bonds. The Kier molecular flexibility index (Phi) is 4.36. The Morgan fingerprint density at radius 1 is 1.35 bits per heavy atom. The highest BCUT2D eigenvalue weighted by Crippen LogP contribution is 2.30. The van der Waals surface area contributed by atoms with Gasteiger partial charge in [0.25, 0.3) is 9.05 Å². The lowest BCUT2D eigenvalue weighted by molar-refractivity contribution is 0.388. The van der Waals surface area contributed by atoms with Crippen LogP contribution in [0.4, 0.5) is 4.39 Å². The number of aryl methyl sites for hydroxylation is 1. The summed E-state index contributed by atoms with van der Waals surface area (Å²) in [5, 5.41) is 0.0624. The molecule has 0 saturated heterocycles. The lowest BCUT2D eigenvalue weighted by Gasteiger charge is -2.10. The number of nitrogens with zero attached hydrogens (tertiary/aromatic N) is 2. The van der Waals surface area contributed by atoms with Crippen molar-refractivity contribution < 1.29 is 12.8 Å². The van der Waals surface area contributed by atoms with Crippen LogP contribution in [0.5, 0.6) is 0 Å². The molecule has 110 valence electrons. The van der Waals surface area contributed by atoms with Gasteiger partial charge >= 0.3 is 0 Å². The molecule has 0 bridgehead atoms. The molecule has 0 saturated carbocycles. The third-order valence-corrected chi connectivity index (χ3v) is 4.42. The van der Waals surface area contributed by atoms with Gasteiger partial charge in [0.15, 0.2) is 0 Å². The van der Waals surface area contributed by atoms with E-state index in [1.54, 1.807) is 16.7 Å². The van der Waals surface area contributed by atoms with Crippen LogP contribution in [-0.4, -0.2) is 38.5 Å². The number of aromatic nitrogens is 1. The first-order valence-electron chi connectivity index (χ1n) is 6.17. The van der Waals surface area contributed by atoms with E-state index in [2.05, 4.69) is 0 Å². The van der Waals surface area contributed by atoms with E-state index in [1.165, 1.54) is 12.3 Å². The third kappa shape index (κ3) is 3.13. The number of halogens is 2. The quantitative estimate of drug-likeness (QED) is 0.796. The summed E-state index contributed by atoms with van der Waals surface area (Å²) in [5.74, 6) is -0.576. The summed E-state index contributed by atoms with van der Waals surface area (Å²) < 4.78 is 38.8. The maximum absolute atomic E-state index is 13.9. The Morgan fingerprint density at radius 3 is 2.65 bits per heavy atom. The molecule has 20 heavy (non-hydrogen) atoms. The van der Waals surface area contributed by atoms with Crippen molar-refractivity contribution in [1.82, 2.24) is 9.47 Å². The average molecular weight is 319 g/mol. The highest BCUT2D eigenvalue weighted by Gasteiger charge is 2.21. The summed E-state index contributed by atoms with van der Waals surface area (Å²) in [6, 6.07) is 4.49. The molecule has 0 spiro atoms. The van der Waals surface area contributed by atoms with Crippen LogP contribution >= 0.6 is 10.7 Å². The molecule has 0 fully saturated rings. The fourth-order valence-electron chi connectivity index (χ4n) is 2.20. The average Bonchev–Trinajstić information content (AvgIpc) is 2.69. The molecule has 1 aromatic carbocycles. The SMILES string of the molecule is CN(C)CCCn1cc(S(=O)(=O)Cl)c2c(F)cccc21. The van der Waals surface area contributed by atoms with Crippen molar-refractivity contribution in [2.45, 2.75) is 17.9 Å². The zero-order chi connectivity index (χ0) is 14.9. The van der Waals surface area contributed by atoms with Crippen LogP contribution in [0.15, 0.2) is 29.3 Å². The van der Waals surface area contributed by atoms with E-state index in [1.807, 2.05) is 19.0 Å². The van der Waals surface area contributed by atoms with E-state index < -0.39 is 14.9 Å². The van der Waals surface area contributed by atoms with Gasteiger partial charge in [0, 0.05) is 23.4 Å². The van der Waals surface area contributed by atoms with E-state index in [-0.39, 0.29) is 10.3 Å². The van der Waals surface area contributed by atoms with Gasteiger partial charge in [-0.2, -0.15) is 0 Å². The van der Waals surface area contributed by atoms with Crippen molar-refractivity contribution in [3.63, 3.8) is 0 Å². The van der Waals surface area contributed by atoms with Crippen LogP contribution in [0.3, 0.4) is 0 Å². The minimum atomic E-state index is -3.97. The molecule has 0 unspecified atom stereocenters. The van der Waals surface area contributed by atoms with Gasteiger partial charge < -0.3 is 9.47 Å². The smallest absolute Gasteiger partial charge is 0.263 e. The van der Waals surface area contributed by atoms with E-state index in [0.29, 0.717) is 12.1 Å². The predicted molar refractivity (Wildman–Crippen MR) is 78.1 cm³/mol. The molecule has 2 aromatic rings. The number of fused-ring (bicyclic) bond motifs is 1. The van der Waals surface area contributed by atoms with Crippen LogP contribution in [0.2, 0.25) is 0 Å². The van der Waals surface area contributed by atoms with Gasteiger partial charge in [0.2, 0.25) is 0 Å². The molecular weight excluding hydrogens is 303 g/mol. The molecule has 1 aromatic heterocycles. The third-order valence-electron chi connectivity index (χ3n) is 3.09. The second-order valence-electron chi connectivity index (χ2n) is 4.92. The van der Waals surface area contributed by atoms with Crippen LogP contribution < -0.4 is 0 Å². The summed E-state index contributed by atoms with van der Waals surface area (Å²) in [4.78, 5) is 1.86. The van der Waals surface area contributed by atoms with E-state index in [9.17, 15) is 12.8 Å². The zero-order valence-electron chi connectivity index (χ0n) is 11.3. The molecule has 0 aliphatic carbocycles. The zero-order valence-corrected chi connectivity index (χ0v) is 12.9. The fourth-order valence-corrected chi connectivity index (χ4v) is 3.25. The van der Waals surface area contributed by atoms with Gasteiger partial charge in [-0.05, 0) is 39.2 Å². The van der Waals surface area contributed by atoms with Crippen LogP contribution in [0.25, 0.3) is 10.9 Å². The standard InChI is InChI=1S/C13H16ClFN2O2S/c1-16(2)7-4-8-17-9-12(20(14,18)19)13-10(15)5-3-6-11(13)17/h3,5-6,9H,4,7-8H2,1-2H3. The number of rotatable bonds is 5. The van der Waals surface area contributed by atoms with Crippen molar-refractivity contribution >= 4 is 30.6 Å². The first-order valence-corrected chi connectivity index (χ1v) is 8.48. The predicted octanol–water partition coefficient (Wildman–Crippen LogP) is 2.66. The normalized spacial score (nSPS) is 12.4. The molecule has 0 aliphatic heterocycles. The molecule has 0 atom stereocenters. The molecule has 7 heteroatoms. The Hall–Kier alpha value is -1.11. The van der Waals surface area contributed by atoms with Crippen molar-refractivity contribution in [3.8, 4) is 0 Å². The summed E-state index contributed by atoms with van der Waals surface area (Å²) in [5.41, 5.74) is 0.544. The van der Waals surface area contributed by atoms with Crippen molar-refractivity contribution in [1.29, 1.82) is 0 Å². The molecule has 0 N–H and O–H groups in total. The Morgan fingerprint density at radius 2 is 2.05 bits per heavy atom. The molecule has 2 rings (SSSR count). The number of hydrogen-bond donors (Lipinski definition) is 0. The van der Waals surface area contributed by atoms with E-state index in [0.717, 1.165) is 13.0 Å². The van der Waals surface area contributed by atoms with Gasteiger partial charge in [-0.1, -0.05) is 6.07 Å². The van der Waals surface area contributed by atoms with Gasteiger partial charge in [0.1, 0.15) is 10.7 Å². The second-order valence-corrected chi connectivity index (χ2v) is 7.45. The maximum atomic E-state index is 13.9. The van der Waals surface area contributed by atoms with Crippen molar-refractivity contribution in [2.75, 3.05) is 20.6 Å². The number of benzene rings is 1. The molecule has 1 heterocycles. The van der Waals surface area contributed by atoms with E-state index >= 15 is 0 Å². The lowest BCUT2D eigenvalue weighted by atomic mass is 10.2. The molecular formula is C13H16ClFN2O2S. The van der Waals surface area contributed by atoms with Crippen molar-refractivity contribution in [3.05, 3.63) is 30.2 Å². The highest BCUT2D eigenvalue weighted by molar-refractivity contribution is 8.14. The Balaban J connectivity index is 2.49. The minimum Gasteiger partial charge on any atom is -0.346 e. The monoisotopic (exact) mass is 318 g/mol. The number of hydrogen-bond acceptors (Lipinski definition) is 3. The van der Waals surface area contributed by atoms with Crippen LogP contribution in [-0.2, 0) is 15.6 Å². The second kappa shape index (κ2) is 5.71. The molecule has 0 radical (unpaired) electrons. The van der Waals surface area contributed by atoms with Gasteiger partial charge in [-0.15, -0.1) is 0 Å². The summed E-state index contributed by atoms with van der Waals surface area (Å²) in [6.45, 7) is 1.46. The summed E-state index contributed by atoms with van der Waals surface area (Å²) >= 11 is 0. The Labute approximate surface area is 122 Å². The van der Waals surface area contributed by atoms with Crippen LogP contribution in [0, 0.1) is 5.82 Å². The van der Waals surface area contributed by atoms with Crippen LogP contribution in [0.1, 0.15) is 6.42 Å². The van der Waals surface area contributed by atoms with E-state index in [4.69, 9.17) is 10.7 Å². The summed E-state index contributed by atoms with van der Waals surface area (Å²) in [7, 11) is 5.34. The highest BCUT2D eigenvalue weighted by atomic mass is 35.7. The van der Waals surface area contributed by atoms with Gasteiger partial charge in [-0.25, -0.2) is 12.8 Å². The minimum absolute atomic E-state index is 0.0624. The topological polar surface area (TPSA) is 42.3 Å². The molecule has 4 nitrogen and oxygen atoms in total. The first-order chi connectivity index (χ1) is 9.30. The van der Waals surface area contributed by atoms with Crippen molar-refractivity contribution in [2.24, 2.45) is 0 Å². The summed E-state index contributed by atoms with van der Waals surface area (Å²) in [6.07, 6.45) is 2.24. The maximum Gasteiger partial charge on any atom is 0.263 e.